The number of carbonyl (C=O) groups is 1. The molecule has 0 bridgehead atoms. The van der Waals surface area contributed by atoms with E-state index in [-0.39, 0.29) is 6.54 Å². The van der Waals surface area contributed by atoms with Gasteiger partial charge in [-0.3, -0.25) is 9.69 Å². The summed E-state index contributed by atoms with van der Waals surface area (Å²) >= 11 is 0. The van der Waals surface area contributed by atoms with Gasteiger partial charge in [0, 0.05) is 25.2 Å². The van der Waals surface area contributed by atoms with Crippen molar-refractivity contribution in [2.24, 2.45) is 5.92 Å². The Morgan fingerprint density at radius 3 is 2.71 bits per heavy atom. The number of rotatable bonds is 6. The van der Waals surface area contributed by atoms with Crippen LogP contribution in [0.4, 0.5) is 0 Å². The van der Waals surface area contributed by atoms with Crippen molar-refractivity contribution in [2.45, 2.75) is 51.1 Å². The minimum Gasteiger partial charge on any atom is -0.480 e. The van der Waals surface area contributed by atoms with Crippen molar-refractivity contribution < 1.29 is 9.90 Å². The van der Waals surface area contributed by atoms with Gasteiger partial charge in [0.05, 0.1) is 6.54 Å². The van der Waals surface area contributed by atoms with Crippen LogP contribution in [0.25, 0.3) is 0 Å². The van der Waals surface area contributed by atoms with Crippen LogP contribution in [0, 0.1) is 5.92 Å². The van der Waals surface area contributed by atoms with E-state index in [9.17, 15) is 4.79 Å². The van der Waals surface area contributed by atoms with E-state index in [4.69, 9.17) is 5.11 Å². The van der Waals surface area contributed by atoms with Gasteiger partial charge >= 0.3 is 5.97 Å². The summed E-state index contributed by atoms with van der Waals surface area (Å²) in [7, 11) is 0. The fourth-order valence-electron chi connectivity index (χ4n) is 2.94. The van der Waals surface area contributed by atoms with Crippen LogP contribution in [0.1, 0.15) is 39.0 Å². The highest BCUT2D eigenvalue weighted by Gasteiger charge is 2.31. The number of piperidine rings is 1. The first-order valence-electron chi connectivity index (χ1n) is 6.87. The predicted octanol–water partition coefficient (Wildman–Crippen LogP) is 1.31. The standard InChI is InChI=1S/C13H24N2O2/c1-2-3-10-6-12(14-11-4-5-11)8-15(7-10)9-13(16)17/h10-12,14H,2-9H2,1H3,(H,16,17). The molecule has 4 heteroatoms. The normalized spacial score (nSPS) is 30.4. The molecule has 1 saturated heterocycles. The van der Waals surface area contributed by atoms with Crippen molar-refractivity contribution >= 4 is 5.97 Å². The van der Waals surface area contributed by atoms with Crippen molar-refractivity contribution in [3.63, 3.8) is 0 Å². The number of nitrogens with zero attached hydrogens (tertiary/aromatic N) is 1. The monoisotopic (exact) mass is 240 g/mol. The third-order valence-corrected chi connectivity index (χ3v) is 3.72. The van der Waals surface area contributed by atoms with E-state index in [1.807, 2.05) is 0 Å². The Balaban J connectivity index is 1.85. The van der Waals surface area contributed by atoms with E-state index < -0.39 is 5.97 Å². The van der Waals surface area contributed by atoms with Crippen LogP contribution >= 0.6 is 0 Å². The van der Waals surface area contributed by atoms with Gasteiger partial charge in [-0.15, -0.1) is 0 Å². The van der Waals surface area contributed by atoms with Crippen LogP contribution in [0.5, 0.6) is 0 Å². The lowest BCUT2D eigenvalue weighted by Crippen LogP contribution is -2.51. The molecule has 2 rings (SSSR count). The van der Waals surface area contributed by atoms with Crippen LogP contribution in [0.3, 0.4) is 0 Å². The van der Waals surface area contributed by atoms with Gasteiger partial charge in [0.15, 0.2) is 0 Å². The third kappa shape index (κ3) is 4.28. The maximum absolute atomic E-state index is 10.8. The van der Waals surface area contributed by atoms with Gasteiger partial charge < -0.3 is 10.4 Å². The molecular formula is C13H24N2O2. The minimum absolute atomic E-state index is 0.197. The molecule has 0 amide bonds. The Morgan fingerprint density at radius 1 is 1.35 bits per heavy atom. The van der Waals surface area contributed by atoms with Crippen LogP contribution in [0.2, 0.25) is 0 Å². The zero-order valence-corrected chi connectivity index (χ0v) is 10.7. The quantitative estimate of drug-likeness (QED) is 0.735. The van der Waals surface area contributed by atoms with Crippen LogP contribution in [-0.2, 0) is 4.79 Å². The van der Waals surface area contributed by atoms with E-state index in [0.29, 0.717) is 18.0 Å². The molecule has 2 fully saturated rings. The number of likely N-dealkylation sites (tertiary alicyclic amines) is 1. The first-order chi connectivity index (χ1) is 8.17. The molecule has 0 aromatic rings. The first kappa shape index (κ1) is 12.8. The van der Waals surface area contributed by atoms with E-state index in [0.717, 1.165) is 13.1 Å². The molecular weight excluding hydrogens is 216 g/mol. The number of aliphatic carboxylic acids is 1. The molecule has 2 N–H and O–H groups in total. The maximum Gasteiger partial charge on any atom is 0.317 e. The molecule has 0 aromatic carbocycles. The van der Waals surface area contributed by atoms with Gasteiger partial charge in [0.2, 0.25) is 0 Å². The van der Waals surface area contributed by atoms with E-state index in [1.54, 1.807) is 0 Å². The Morgan fingerprint density at radius 2 is 2.12 bits per heavy atom. The van der Waals surface area contributed by atoms with Crippen LogP contribution in [0.15, 0.2) is 0 Å². The van der Waals surface area contributed by atoms with Crippen molar-refractivity contribution in [2.75, 3.05) is 19.6 Å². The second kappa shape index (κ2) is 5.83. The number of hydrogen-bond donors (Lipinski definition) is 2. The molecule has 2 atom stereocenters. The van der Waals surface area contributed by atoms with E-state index in [2.05, 4.69) is 17.1 Å². The highest BCUT2D eigenvalue weighted by Crippen LogP contribution is 2.25. The molecule has 0 radical (unpaired) electrons. The summed E-state index contributed by atoms with van der Waals surface area (Å²) in [5.41, 5.74) is 0. The lowest BCUT2D eigenvalue weighted by atomic mass is 9.90. The number of hydrogen-bond acceptors (Lipinski definition) is 3. The largest absolute Gasteiger partial charge is 0.480 e. The summed E-state index contributed by atoms with van der Waals surface area (Å²) in [6.07, 6.45) is 6.24. The fourth-order valence-corrected chi connectivity index (χ4v) is 2.94. The van der Waals surface area contributed by atoms with Crippen LogP contribution in [-0.4, -0.2) is 47.7 Å². The molecule has 1 aliphatic heterocycles. The van der Waals surface area contributed by atoms with Crippen molar-refractivity contribution in [1.29, 1.82) is 0 Å². The Kier molecular flexibility index (Phi) is 4.40. The second-order valence-corrected chi connectivity index (χ2v) is 5.62. The molecule has 2 aliphatic rings. The molecule has 0 aromatic heterocycles. The van der Waals surface area contributed by atoms with Gasteiger partial charge in [-0.2, -0.15) is 0 Å². The molecule has 2 unspecified atom stereocenters. The highest BCUT2D eigenvalue weighted by molar-refractivity contribution is 5.69. The number of carboxylic acid groups (broad SMARTS) is 1. The Bertz CT molecular complexity index is 266. The Hall–Kier alpha value is -0.610. The van der Waals surface area contributed by atoms with Gasteiger partial charge in [-0.25, -0.2) is 0 Å². The average Bonchev–Trinajstić information content (AvgIpc) is 3.00. The number of carboxylic acids is 1. The summed E-state index contributed by atoms with van der Waals surface area (Å²) in [6, 6.07) is 1.22. The van der Waals surface area contributed by atoms with Crippen molar-refractivity contribution in [3.8, 4) is 0 Å². The van der Waals surface area contributed by atoms with Gasteiger partial charge in [0.25, 0.3) is 0 Å². The summed E-state index contributed by atoms with van der Waals surface area (Å²) in [6.45, 7) is 4.27. The van der Waals surface area contributed by atoms with Crippen LogP contribution < -0.4 is 5.32 Å². The summed E-state index contributed by atoms with van der Waals surface area (Å²) in [5.74, 6) is -0.0309. The SMILES string of the molecule is CCCC1CC(NC2CC2)CN(CC(=O)O)C1. The summed E-state index contributed by atoms with van der Waals surface area (Å²) in [4.78, 5) is 12.9. The summed E-state index contributed by atoms with van der Waals surface area (Å²) < 4.78 is 0. The van der Waals surface area contributed by atoms with E-state index >= 15 is 0 Å². The minimum atomic E-state index is -0.702. The van der Waals surface area contributed by atoms with Crippen molar-refractivity contribution in [3.05, 3.63) is 0 Å². The fraction of sp³-hybridized carbons (Fsp3) is 0.923. The zero-order chi connectivity index (χ0) is 12.3. The van der Waals surface area contributed by atoms with Gasteiger partial charge in [0.1, 0.15) is 0 Å². The average molecular weight is 240 g/mol. The predicted molar refractivity (Wildman–Crippen MR) is 67.0 cm³/mol. The molecule has 1 heterocycles. The Labute approximate surface area is 103 Å². The van der Waals surface area contributed by atoms with Gasteiger partial charge in [-0.05, 0) is 31.6 Å². The third-order valence-electron chi connectivity index (χ3n) is 3.72. The first-order valence-corrected chi connectivity index (χ1v) is 6.87. The molecule has 1 saturated carbocycles. The lowest BCUT2D eigenvalue weighted by Gasteiger charge is -2.37. The molecule has 0 spiro atoms. The lowest BCUT2D eigenvalue weighted by molar-refractivity contribution is -0.138. The van der Waals surface area contributed by atoms with E-state index in [1.165, 1.54) is 32.1 Å². The number of nitrogens with one attached hydrogen (secondary N) is 1. The molecule has 98 valence electrons. The van der Waals surface area contributed by atoms with Gasteiger partial charge in [-0.1, -0.05) is 13.3 Å². The topological polar surface area (TPSA) is 52.6 Å². The second-order valence-electron chi connectivity index (χ2n) is 5.62. The smallest absolute Gasteiger partial charge is 0.317 e. The zero-order valence-electron chi connectivity index (χ0n) is 10.7. The molecule has 17 heavy (non-hydrogen) atoms. The molecule has 4 nitrogen and oxygen atoms in total. The van der Waals surface area contributed by atoms with Crippen molar-refractivity contribution in [1.82, 2.24) is 10.2 Å². The highest BCUT2D eigenvalue weighted by atomic mass is 16.4. The molecule has 1 aliphatic carbocycles. The summed E-state index contributed by atoms with van der Waals surface area (Å²) in [5, 5.41) is 12.6. The maximum atomic E-state index is 10.8.